The van der Waals surface area contributed by atoms with Crippen molar-refractivity contribution in [3.63, 3.8) is 0 Å². The number of nitrogens with one attached hydrogen (secondary N) is 2. The summed E-state index contributed by atoms with van der Waals surface area (Å²) >= 11 is 1.33. The van der Waals surface area contributed by atoms with E-state index in [1.54, 1.807) is 16.6 Å². The van der Waals surface area contributed by atoms with E-state index in [4.69, 9.17) is 0 Å². The Morgan fingerprint density at radius 1 is 1.03 bits per heavy atom. The Kier molecular flexibility index (Phi) is 5.67. The Morgan fingerprint density at radius 3 is 2.61 bits per heavy atom. The van der Waals surface area contributed by atoms with Crippen LogP contribution in [-0.4, -0.2) is 33.0 Å². The predicted octanol–water partition coefficient (Wildman–Crippen LogP) is 3.17. The largest absolute Gasteiger partial charge is 0.347 e. The van der Waals surface area contributed by atoms with Gasteiger partial charge in [0.2, 0.25) is 4.96 Å². The van der Waals surface area contributed by atoms with Crippen LogP contribution in [0.15, 0.2) is 47.8 Å². The molecule has 0 unspecified atom stereocenters. The van der Waals surface area contributed by atoms with E-state index in [0.29, 0.717) is 28.8 Å². The molecule has 7 nitrogen and oxygen atoms in total. The summed E-state index contributed by atoms with van der Waals surface area (Å²) in [5.74, 6) is -3.84. The number of hydrogen-bond acceptors (Lipinski definition) is 5. The zero-order chi connectivity index (χ0) is 22.0. The van der Waals surface area contributed by atoms with Gasteiger partial charge in [0.25, 0.3) is 0 Å². The second-order valence-corrected chi connectivity index (χ2v) is 7.29. The molecule has 2 heterocycles. The number of halogens is 3. The standard InChI is InChI=1S/C20H14F3N5O2S/c21-12-3-1-2-11(8-12)17-26-20-28(27-17)14(10-31-20)6-7-24-18(29)19(30)25-16-5-4-13(22)9-15(16)23/h1-5,8-10H,6-7H2,(H,24,29)(H,25,30). The fraction of sp³-hybridized carbons (Fsp3) is 0.100. The molecule has 0 aliphatic heterocycles. The zero-order valence-electron chi connectivity index (χ0n) is 15.7. The second kappa shape index (κ2) is 8.56. The Bertz CT molecular complexity index is 1290. The average Bonchev–Trinajstić information content (AvgIpc) is 3.31. The second-order valence-electron chi connectivity index (χ2n) is 6.45. The maximum Gasteiger partial charge on any atom is 0.313 e. The lowest BCUT2D eigenvalue weighted by atomic mass is 10.2. The van der Waals surface area contributed by atoms with E-state index in [0.717, 1.165) is 17.8 Å². The van der Waals surface area contributed by atoms with Crippen molar-refractivity contribution in [2.45, 2.75) is 6.42 Å². The number of thiazole rings is 1. The summed E-state index contributed by atoms with van der Waals surface area (Å²) in [5, 5.41) is 10.7. The molecule has 4 aromatic rings. The third kappa shape index (κ3) is 4.56. The molecule has 0 fully saturated rings. The number of aromatic nitrogens is 3. The average molecular weight is 445 g/mol. The first-order valence-corrected chi connectivity index (χ1v) is 9.92. The summed E-state index contributed by atoms with van der Waals surface area (Å²) in [4.78, 5) is 28.8. The van der Waals surface area contributed by atoms with Crippen molar-refractivity contribution in [2.24, 2.45) is 0 Å². The molecule has 0 saturated heterocycles. The van der Waals surface area contributed by atoms with Crippen LogP contribution in [-0.2, 0) is 16.0 Å². The minimum atomic E-state index is -1.07. The molecule has 2 aromatic heterocycles. The van der Waals surface area contributed by atoms with Crippen molar-refractivity contribution in [2.75, 3.05) is 11.9 Å². The first-order chi connectivity index (χ1) is 14.9. The van der Waals surface area contributed by atoms with Crippen LogP contribution >= 0.6 is 11.3 Å². The number of carbonyl (C=O) groups is 2. The van der Waals surface area contributed by atoms with Crippen LogP contribution in [0, 0.1) is 17.5 Å². The number of nitrogens with zero attached hydrogens (tertiary/aromatic N) is 3. The van der Waals surface area contributed by atoms with E-state index in [9.17, 15) is 22.8 Å². The molecule has 2 amide bonds. The lowest BCUT2D eigenvalue weighted by Crippen LogP contribution is -2.36. The first kappa shape index (κ1) is 20.5. The highest BCUT2D eigenvalue weighted by molar-refractivity contribution is 7.15. The van der Waals surface area contributed by atoms with Gasteiger partial charge in [0.15, 0.2) is 5.82 Å². The van der Waals surface area contributed by atoms with E-state index in [-0.39, 0.29) is 12.2 Å². The third-order valence-electron chi connectivity index (χ3n) is 4.28. The summed E-state index contributed by atoms with van der Waals surface area (Å²) in [7, 11) is 0. The molecule has 2 aromatic carbocycles. The van der Waals surface area contributed by atoms with Gasteiger partial charge in [-0.3, -0.25) is 9.59 Å². The molecule has 0 spiro atoms. The van der Waals surface area contributed by atoms with E-state index in [1.165, 1.54) is 23.5 Å². The normalized spacial score (nSPS) is 10.9. The van der Waals surface area contributed by atoms with Gasteiger partial charge in [0.1, 0.15) is 17.5 Å². The number of amides is 2. The maximum absolute atomic E-state index is 13.6. The summed E-state index contributed by atoms with van der Waals surface area (Å²) in [6, 6.07) is 8.53. The van der Waals surface area contributed by atoms with Crippen molar-refractivity contribution in [3.8, 4) is 11.4 Å². The van der Waals surface area contributed by atoms with Gasteiger partial charge in [-0.2, -0.15) is 4.98 Å². The first-order valence-electron chi connectivity index (χ1n) is 9.04. The summed E-state index contributed by atoms with van der Waals surface area (Å²) < 4.78 is 41.5. The number of benzene rings is 2. The van der Waals surface area contributed by atoms with Crippen molar-refractivity contribution < 1.29 is 22.8 Å². The van der Waals surface area contributed by atoms with Crippen molar-refractivity contribution in [3.05, 3.63) is 71.0 Å². The lowest BCUT2D eigenvalue weighted by molar-refractivity contribution is -0.136. The molecule has 11 heteroatoms. The fourth-order valence-electron chi connectivity index (χ4n) is 2.80. The third-order valence-corrected chi connectivity index (χ3v) is 5.15. The number of rotatable bonds is 5. The Balaban J connectivity index is 1.37. The van der Waals surface area contributed by atoms with E-state index in [2.05, 4.69) is 20.7 Å². The van der Waals surface area contributed by atoms with Gasteiger partial charge < -0.3 is 10.6 Å². The van der Waals surface area contributed by atoms with Gasteiger partial charge in [-0.25, -0.2) is 17.7 Å². The molecular formula is C20H14F3N5O2S. The molecule has 0 aliphatic rings. The minimum absolute atomic E-state index is 0.110. The molecule has 2 N–H and O–H groups in total. The number of fused-ring (bicyclic) bond motifs is 1. The van der Waals surface area contributed by atoms with Crippen LogP contribution in [0.3, 0.4) is 0 Å². The van der Waals surface area contributed by atoms with Crippen LogP contribution in [0.4, 0.5) is 18.9 Å². The Hall–Kier alpha value is -3.73. The van der Waals surface area contributed by atoms with Gasteiger partial charge in [-0.05, 0) is 24.3 Å². The molecule has 0 atom stereocenters. The van der Waals surface area contributed by atoms with Gasteiger partial charge in [-0.1, -0.05) is 12.1 Å². The zero-order valence-corrected chi connectivity index (χ0v) is 16.5. The van der Waals surface area contributed by atoms with E-state index in [1.807, 2.05) is 5.38 Å². The van der Waals surface area contributed by atoms with Gasteiger partial charge in [0.05, 0.1) is 11.4 Å². The molecule has 0 radical (unpaired) electrons. The smallest absolute Gasteiger partial charge is 0.313 e. The van der Waals surface area contributed by atoms with Crippen molar-refractivity contribution in [1.29, 1.82) is 0 Å². The van der Waals surface area contributed by atoms with Crippen LogP contribution in [0.25, 0.3) is 16.3 Å². The lowest BCUT2D eigenvalue weighted by Gasteiger charge is -2.07. The number of hydrogen-bond donors (Lipinski definition) is 2. The van der Waals surface area contributed by atoms with Crippen LogP contribution in [0.5, 0.6) is 0 Å². The van der Waals surface area contributed by atoms with E-state index >= 15 is 0 Å². The summed E-state index contributed by atoms with van der Waals surface area (Å²) in [6.07, 6.45) is 0.343. The highest BCUT2D eigenvalue weighted by atomic mass is 32.1. The topological polar surface area (TPSA) is 88.4 Å². The quantitative estimate of drug-likeness (QED) is 0.462. The Labute approximate surface area is 177 Å². The van der Waals surface area contributed by atoms with E-state index < -0.39 is 29.3 Å². The minimum Gasteiger partial charge on any atom is -0.347 e. The van der Waals surface area contributed by atoms with Crippen LogP contribution < -0.4 is 10.6 Å². The molecular weight excluding hydrogens is 431 g/mol. The summed E-state index contributed by atoms with van der Waals surface area (Å²) in [6.45, 7) is 0.110. The molecule has 0 aliphatic carbocycles. The number of anilines is 1. The van der Waals surface area contributed by atoms with Crippen LogP contribution in [0.2, 0.25) is 0 Å². The molecule has 4 rings (SSSR count). The SMILES string of the molecule is O=C(NCCc1csc2nc(-c3cccc(F)c3)nn12)C(=O)Nc1ccc(F)cc1F. The summed E-state index contributed by atoms with van der Waals surface area (Å²) in [5.41, 5.74) is 0.980. The van der Waals surface area contributed by atoms with Crippen molar-refractivity contribution in [1.82, 2.24) is 19.9 Å². The molecule has 0 saturated carbocycles. The number of carbonyl (C=O) groups excluding carboxylic acids is 2. The van der Waals surface area contributed by atoms with Crippen LogP contribution in [0.1, 0.15) is 5.69 Å². The molecule has 31 heavy (non-hydrogen) atoms. The predicted molar refractivity (Wildman–Crippen MR) is 108 cm³/mol. The Morgan fingerprint density at radius 2 is 1.84 bits per heavy atom. The van der Waals surface area contributed by atoms with Gasteiger partial charge in [0, 0.05) is 30.0 Å². The van der Waals surface area contributed by atoms with Crippen molar-refractivity contribution >= 4 is 33.8 Å². The maximum atomic E-state index is 13.6. The molecule has 0 bridgehead atoms. The monoisotopic (exact) mass is 445 g/mol. The molecule has 158 valence electrons. The highest BCUT2D eigenvalue weighted by Crippen LogP contribution is 2.21. The fourth-order valence-corrected chi connectivity index (χ4v) is 3.66. The highest BCUT2D eigenvalue weighted by Gasteiger charge is 2.17. The van der Waals surface area contributed by atoms with Gasteiger partial charge >= 0.3 is 11.8 Å². The van der Waals surface area contributed by atoms with Gasteiger partial charge in [-0.15, -0.1) is 16.4 Å².